The van der Waals surface area contributed by atoms with Gasteiger partial charge in [-0.1, -0.05) is 6.92 Å². The fourth-order valence-corrected chi connectivity index (χ4v) is 2.37. The molecule has 0 bridgehead atoms. The Morgan fingerprint density at radius 2 is 2.32 bits per heavy atom. The molecule has 0 aromatic rings. The Morgan fingerprint density at radius 1 is 1.53 bits per heavy atom. The fraction of sp³-hybridized carbons (Fsp3) is 0.929. The zero-order valence-corrected chi connectivity index (χ0v) is 12.5. The first kappa shape index (κ1) is 16.4. The van der Waals surface area contributed by atoms with Gasteiger partial charge in [-0.2, -0.15) is 0 Å². The Morgan fingerprint density at radius 3 is 2.89 bits per heavy atom. The van der Waals surface area contributed by atoms with Crippen LogP contribution in [0.15, 0.2) is 0 Å². The maximum Gasteiger partial charge on any atom is 0.324 e. The van der Waals surface area contributed by atoms with E-state index in [4.69, 9.17) is 9.47 Å². The number of nitrogens with zero attached hydrogens (tertiary/aromatic N) is 1. The van der Waals surface area contributed by atoms with Gasteiger partial charge in [0.2, 0.25) is 0 Å². The van der Waals surface area contributed by atoms with Gasteiger partial charge < -0.3 is 19.7 Å². The maximum atomic E-state index is 11.7. The second-order valence-corrected chi connectivity index (χ2v) is 5.24. The molecule has 5 heteroatoms. The number of rotatable bonds is 8. The molecule has 0 spiro atoms. The first-order chi connectivity index (χ1) is 9.17. The average molecular weight is 272 g/mol. The summed E-state index contributed by atoms with van der Waals surface area (Å²) in [4.78, 5) is 13.9. The van der Waals surface area contributed by atoms with Gasteiger partial charge in [-0.25, -0.2) is 0 Å². The quantitative estimate of drug-likeness (QED) is 0.669. The van der Waals surface area contributed by atoms with E-state index >= 15 is 0 Å². The van der Waals surface area contributed by atoms with E-state index in [-0.39, 0.29) is 12.0 Å². The van der Waals surface area contributed by atoms with Gasteiger partial charge >= 0.3 is 5.97 Å². The van der Waals surface area contributed by atoms with Crippen LogP contribution >= 0.6 is 0 Å². The molecule has 1 rings (SSSR count). The number of hydrogen-bond acceptors (Lipinski definition) is 5. The van der Waals surface area contributed by atoms with Crippen LogP contribution < -0.4 is 5.32 Å². The molecule has 0 radical (unpaired) electrons. The van der Waals surface area contributed by atoms with Crippen LogP contribution in [0.4, 0.5) is 0 Å². The Hall–Kier alpha value is -0.650. The normalized spacial score (nSPS) is 21.4. The third kappa shape index (κ3) is 6.36. The molecule has 19 heavy (non-hydrogen) atoms. The van der Waals surface area contributed by atoms with Gasteiger partial charge in [0.25, 0.3) is 0 Å². The lowest BCUT2D eigenvalue weighted by atomic mass is 10.1. The molecule has 0 aromatic carbocycles. The topological polar surface area (TPSA) is 50.8 Å². The van der Waals surface area contributed by atoms with E-state index in [1.54, 1.807) is 0 Å². The fourth-order valence-electron chi connectivity index (χ4n) is 2.37. The van der Waals surface area contributed by atoms with Gasteiger partial charge in [0.1, 0.15) is 6.04 Å². The summed E-state index contributed by atoms with van der Waals surface area (Å²) in [6, 6.07) is -0.251. The van der Waals surface area contributed by atoms with Gasteiger partial charge in [-0.05, 0) is 39.3 Å². The highest BCUT2D eigenvalue weighted by molar-refractivity contribution is 5.75. The number of likely N-dealkylation sites (N-methyl/N-ethyl adjacent to an activating group) is 1. The molecule has 5 nitrogen and oxygen atoms in total. The van der Waals surface area contributed by atoms with Crippen LogP contribution in [0.1, 0.15) is 32.6 Å². The molecule has 1 fully saturated rings. The van der Waals surface area contributed by atoms with Gasteiger partial charge in [-0.15, -0.1) is 0 Å². The molecule has 112 valence electrons. The van der Waals surface area contributed by atoms with Crippen molar-refractivity contribution >= 4 is 5.97 Å². The summed E-state index contributed by atoms with van der Waals surface area (Å²) >= 11 is 0. The summed E-state index contributed by atoms with van der Waals surface area (Å²) in [5.74, 6) is -0.190. The van der Waals surface area contributed by atoms with E-state index in [2.05, 4.69) is 17.1 Å². The highest BCUT2D eigenvalue weighted by Gasteiger charge is 2.22. The van der Waals surface area contributed by atoms with Crippen molar-refractivity contribution in [3.63, 3.8) is 0 Å². The van der Waals surface area contributed by atoms with Crippen molar-refractivity contribution in [3.05, 3.63) is 0 Å². The molecule has 0 saturated carbocycles. The molecule has 1 heterocycles. The molecule has 1 saturated heterocycles. The minimum atomic E-state index is -0.251. The molecule has 1 aliphatic rings. The summed E-state index contributed by atoms with van der Waals surface area (Å²) < 4.78 is 10.6. The predicted molar refractivity (Wildman–Crippen MR) is 75.2 cm³/mol. The zero-order valence-electron chi connectivity index (χ0n) is 12.5. The summed E-state index contributed by atoms with van der Waals surface area (Å²) in [6.07, 6.45) is 4.84. The number of hydrogen-bond donors (Lipinski definition) is 1. The van der Waals surface area contributed by atoms with Crippen LogP contribution in [0.3, 0.4) is 0 Å². The van der Waals surface area contributed by atoms with Crippen molar-refractivity contribution in [3.8, 4) is 0 Å². The summed E-state index contributed by atoms with van der Waals surface area (Å²) in [5.41, 5.74) is 0. The minimum absolute atomic E-state index is 0.190. The third-order valence-electron chi connectivity index (χ3n) is 3.41. The Labute approximate surface area is 116 Å². The molecular formula is C14H28N2O3. The van der Waals surface area contributed by atoms with Gasteiger partial charge in [0, 0.05) is 19.7 Å². The first-order valence-electron chi connectivity index (χ1n) is 7.28. The molecule has 2 atom stereocenters. The zero-order chi connectivity index (χ0) is 14.1. The van der Waals surface area contributed by atoms with Gasteiger partial charge in [0.05, 0.1) is 13.2 Å². The van der Waals surface area contributed by atoms with Crippen molar-refractivity contribution in [1.82, 2.24) is 10.2 Å². The predicted octanol–water partition coefficient (Wildman–Crippen LogP) is 1.03. The second-order valence-electron chi connectivity index (χ2n) is 5.24. The van der Waals surface area contributed by atoms with E-state index < -0.39 is 0 Å². The molecule has 0 amide bonds. The summed E-state index contributed by atoms with van der Waals surface area (Å²) in [5, 5.41) is 3.23. The number of esters is 1. The molecular weight excluding hydrogens is 244 g/mol. The lowest BCUT2D eigenvalue weighted by Crippen LogP contribution is -2.47. The van der Waals surface area contributed by atoms with Crippen molar-refractivity contribution < 1.29 is 14.3 Å². The van der Waals surface area contributed by atoms with E-state index in [0.717, 1.165) is 32.5 Å². The highest BCUT2D eigenvalue weighted by Crippen LogP contribution is 2.13. The highest BCUT2D eigenvalue weighted by atomic mass is 16.5. The van der Waals surface area contributed by atoms with Crippen molar-refractivity contribution in [2.45, 2.75) is 44.8 Å². The Kier molecular flexibility index (Phi) is 8.02. The second kappa shape index (κ2) is 9.28. The first-order valence-corrected chi connectivity index (χ1v) is 7.28. The Bertz CT molecular complexity index is 255. The summed E-state index contributed by atoms with van der Waals surface area (Å²) in [7, 11) is 3.47. The van der Waals surface area contributed by atoms with E-state index in [0.29, 0.717) is 12.6 Å². The maximum absolute atomic E-state index is 11.7. The van der Waals surface area contributed by atoms with Crippen LogP contribution in [0.5, 0.6) is 0 Å². The lowest BCUT2D eigenvalue weighted by molar-refractivity contribution is -0.143. The number of nitrogens with one attached hydrogen (secondary N) is 1. The van der Waals surface area contributed by atoms with Crippen LogP contribution in [0.25, 0.3) is 0 Å². The third-order valence-corrected chi connectivity index (χ3v) is 3.41. The average Bonchev–Trinajstić information content (AvgIpc) is 2.43. The number of carbonyl (C=O) groups is 1. The number of methoxy groups -OCH3 is 1. The van der Waals surface area contributed by atoms with Crippen LogP contribution in [0, 0.1) is 0 Å². The SMILES string of the molecule is CCCNC(CN(C)CC1CCCCO1)C(=O)OC. The molecule has 0 aromatic heterocycles. The lowest BCUT2D eigenvalue weighted by Gasteiger charge is -2.29. The van der Waals surface area contributed by atoms with E-state index in [9.17, 15) is 4.79 Å². The summed E-state index contributed by atoms with van der Waals surface area (Å²) in [6.45, 7) is 5.31. The molecule has 1 N–H and O–H groups in total. The van der Waals surface area contributed by atoms with Gasteiger partial charge in [0.15, 0.2) is 0 Å². The largest absolute Gasteiger partial charge is 0.468 e. The van der Waals surface area contributed by atoms with Crippen molar-refractivity contribution in [2.75, 3.05) is 40.4 Å². The molecule has 2 unspecified atom stereocenters. The monoisotopic (exact) mass is 272 g/mol. The number of ether oxygens (including phenoxy) is 2. The van der Waals surface area contributed by atoms with Crippen molar-refractivity contribution in [2.24, 2.45) is 0 Å². The smallest absolute Gasteiger partial charge is 0.324 e. The molecule has 1 aliphatic heterocycles. The molecule has 0 aliphatic carbocycles. The van der Waals surface area contributed by atoms with Gasteiger partial charge in [-0.3, -0.25) is 4.79 Å². The Balaban J connectivity index is 2.36. The minimum Gasteiger partial charge on any atom is -0.468 e. The van der Waals surface area contributed by atoms with Crippen LogP contribution in [0.2, 0.25) is 0 Å². The number of carbonyl (C=O) groups excluding carboxylic acids is 1. The van der Waals surface area contributed by atoms with E-state index in [1.165, 1.54) is 20.0 Å². The van der Waals surface area contributed by atoms with Crippen LogP contribution in [-0.4, -0.2) is 63.4 Å². The van der Waals surface area contributed by atoms with E-state index in [1.807, 2.05) is 7.05 Å². The standard InChI is InChI=1S/C14H28N2O3/c1-4-8-15-13(14(17)18-3)11-16(2)10-12-7-5-6-9-19-12/h12-13,15H,4-11H2,1-3H3. The van der Waals surface area contributed by atoms with Crippen molar-refractivity contribution in [1.29, 1.82) is 0 Å². The van der Waals surface area contributed by atoms with Crippen LogP contribution in [-0.2, 0) is 14.3 Å².